The molecule has 3 aliphatic heterocycles. The molecule has 0 radical (unpaired) electrons. The van der Waals surface area contributed by atoms with Gasteiger partial charge in [-0.1, -0.05) is 0 Å². The van der Waals surface area contributed by atoms with Gasteiger partial charge in [-0.2, -0.15) is 10.5 Å². The summed E-state index contributed by atoms with van der Waals surface area (Å²) in [6.45, 7) is 2.24. The monoisotopic (exact) mass is 329 g/mol. The van der Waals surface area contributed by atoms with E-state index >= 15 is 0 Å². The molecule has 3 heterocycles. The van der Waals surface area contributed by atoms with Crippen molar-refractivity contribution in [2.75, 3.05) is 18.0 Å². The van der Waals surface area contributed by atoms with Crippen LogP contribution in [-0.4, -0.2) is 13.1 Å². The Kier molecular flexibility index (Phi) is 3.15. The third kappa shape index (κ3) is 1.98. The number of aryl methyl sites for hydroxylation is 1. The molecule has 0 fully saturated rings. The van der Waals surface area contributed by atoms with E-state index in [1.54, 1.807) is 0 Å². The molecule has 4 heteroatoms. The SMILES string of the molecule is N#CC(C#N)=C1Oc2c(cc3c4c2CCCN4CCC3)C2=C1CCC2. The number of benzene rings is 1. The summed E-state index contributed by atoms with van der Waals surface area (Å²) in [6, 6.07) is 6.41. The molecular weight excluding hydrogens is 310 g/mol. The van der Waals surface area contributed by atoms with Crippen LogP contribution < -0.4 is 9.64 Å². The minimum atomic E-state index is 0.109. The van der Waals surface area contributed by atoms with Gasteiger partial charge in [0, 0.05) is 35.5 Å². The Hall–Kier alpha value is -2.72. The molecule has 1 aromatic rings. The molecule has 0 amide bonds. The summed E-state index contributed by atoms with van der Waals surface area (Å²) in [6.07, 6.45) is 7.50. The molecule has 0 bridgehead atoms. The topological polar surface area (TPSA) is 60.1 Å². The van der Waals surface area contributed by atoms with E-state index in [0.717, 1.165) is 62.9 Å². The van der Waals surface area contributed by atoms with Crippen molar-refractivity contribution in [3.8, 4) is 17.9 Å². The fourth-order valence-corrected chi connectivity index (χ4v) is 4.96. The van der Waals surface area contributed by atoms with Gasteiger partial charge in [0.1, 0.15) is 17.9 Å². The largest absolute Gasteiger partial charge is 0.454 e. The van der Waals surface area contributed by atoms with E-state index in [1.807, 2.05) is 12.1 Å². The van der Waals surface area contributed by atoms with Crippen LogP contribution in [0.5, 0.6) is 5.75 Å². The lowest BCUT2D eigenvalue weighted by Crippen LogP contribution is -2.35. The van der Waals surface area contributed by atoms with Crippen LogP contribution in [0.1, 0.15) is 48.8 Å². The van der Waals surface area contributed by atoms with Crippen LogP contribution in [0.4, 0.5) is 5.69 Å². The summed E-state index contributed by atoms with van der Waals surface area (Å²) in [5.74, 6) is 1.44. The highest BCUT2D eigenvalue weighted by atomic mass is 16.5. The van der Waals surface area contributed by atoms with Crippen LogP contribution in [0.25, 0.3) is 5.57 Å². The second-order valence-corrected chi connectivity index (χ2v) is 7.27. The Morgan fingerprint density at radius 2 is 1.72 bits per heavy atom. The maximum Gasteiger partial charge on any atom is 0.172 e. The number of fused-ring (bicyclic) bond motifs is 3. The lowest BCUT2D eigenvalue weighted by atomic mass is 9.85. The highest BCUT2D eigenvalue weighted by Gasteiger charge is 2.36. The minimum Gasteiger partial charge on any atom is -0.454 e. The Bertz CT molecular complexity index is 921. The van der Waals surface area contributed by atoms with Gasteiger partial charge in [-0.15, -0.1) is 0 Å². The summed E-state index contributed by atoms with van der Waals surface area (Å²) in [5.41, 5.74) is 7.84. The van der Waals surface area contributed by atoms with Crippen molar-refractivity contribution >= 4 is 11.3 Å². The number of hydrogen-bond donors (Lipinski definition) is 0. The summed E-state index contributed by atoms with van der Waals surface area (Å²) >= 11 is 0. The van der Waals surface area contributed by atoms with E-state index in [4.69, 9.17) is 4.74 Å². The minimum absolute atomic E-state index is 0.109. The van der Waals surface area contributed by atoms with Gasteiger partial charge < -0.3 is 9.64 Å². The molecule has 0 spiro atoms. The molecule has 0 saturated carbocycles. The van der Waals surface area contributed by atoms with E-state index in [0.29, 0.717) is 5.76 Å². The zero-order valence-electron chi connectivity index (χ0n) is 14.2. The summed E-state index contributed by atoms with van der Waals surface area (Å²) in [7, 11) is 0. The number of allylic oxidation sites excluding steroid dienone is 3. The quantitative estimate of drug-likeness (QED) is 0.675. The van der Waals surface area contributed by atoms with Crippen LogP contribution in [0.3, 0.4) is 0 Å². The van der Waals surface area contributed by atoms with Gasteiger partial charge in [-0.05, 0) is 62.1 Å². The predicted octanol–water partition coefficient (Wildman–Crippen LogP) is 4.02. The molecule has 0 N–H and O–H groups in total. The fraction of sp³-hybridized carbons (Fsp3) is 0.429. The summed E-state index contributed by atoms with van der Waals surface area (Å²) < 4.78 is 6.31. The fourth-order valence-electron chi connectivity index (χ4n) is 4.96. The van der Waals surface area contributed by atoms with Crippen molar-refractivity contribution in [2.24, 2.45) is 0 Å². The molecule has 0 saturated heterocycles. The van der Waals surface area contributed by atoms with Crippen molar-refractivity contribution in [1.29, 1.82) is 10.5 Å². The van der Waals surface area contributed by atoms with Gasteiger partial charge >= 0.3 is 0 Å². The standard InChI is InChI=1S/C21H19N3O/c22-11-14(12-23)20-16-6-1-5-15(16)18-10-13-4-2-8-24-9-3-7-17(19(13)24)21(18)25-20/h10H,1-9H2. The molecule has 1 aliphatic carbocycles. The van der Waals surface area contributed by atoms with Crippen LogP contribution in [-0.2, 0) is 12.8 Å². The molecule has 1 aromatic carbocycles. The van der Waals surface area contributed by atoms with Gasteiger partial charge in [-0.25, -0.2) is 0 Å². The Balaban J connectivity index is 1.80. The molecule has 25 heavy (non-hydrogen) atoms. The smallest absolute Gasteiger partial charge is 0.172 e. The van der Waals surface area contributed by atoms with Gasteiger partial charge in [0.05, 0.1) is 0 Å². The van der Waals surface area contributed by atoms with E-state index in [1.165, 1.54) is 34.4 Å². The second kappa shape index (κ2) is 5.39. The van der Waals surface area contributed by atoms with Crippen molar-refractivity contribution in [2.45, 2.75) is 44.9 Å². The highest BCUT2D eigenvalue weighted by molar-refractivity contribution is 5.85. The molecule has 4 aliphatic rings. The first kappa shape index (κ1) is 14.6. The van der Waals surface area contributed by atoms with Crippen LogP contribution in [0.15, 0.2) is 23.0 Å². The third-order valence-corrected chi connectivity index (χ3v) is 5.94. The van der Waals surface area contributed by atoms with Crippen molar-refractivity contribution in [3.05, 3.63) is 39.7 Å². The number of hydrogen-bond acceptors (Lipinski definition) is 4. The molecule has 124 valence electrons. The molecule has 0 atom stereocenters. The Morgan fingerprint density at radius 3 is 2.52 bits per heavy atom. The number of ether oxygens (including phenoxy) is 1. The number of nitrogens with zero attached hydrogens (tertiary/aromatic N) is 3. The van der Waals surface area contributed by atoms with E-state index < -0.39 is 0 Å². The molecular formula is C21H19N3O. The first-order chi connectivity index (χ1) is 12.3. The molecule has 0 unspecified atom stereocenters. The summed E-state index contributed by atoms with van der Waals surface area (Å²) in [4.78, 5) is 2.50. The summed E-state index contributed by atoms with van der Waals surface area (Å²) in [5, 5.41) is 18.8. The second-order valence-electron chi connectivity index (χ2n) is 7.27. The first-order valence-corrected chi connectivity index (χ1v) is 9.20. The van der Waals surface area contributed by atoms with Crippen molar-refractivity contribution < 1.29 is 4.74 Å². The number of nitriles is 2. The maximum atomic E-state index is 9.38. The molecule has 5 rings (SSSR count). The van der Waals surface area contributed by atoms with Crippen LogP contribution in [0, 0.1) is 22.7 Å². The average molecular weight is 329 g/mol. The van der Waals surface area contributed by atoms with Crippen molar-refractivity contribution in [3.63, 3.8) is 0 Å². The molecule has 0 aromatic heterocycles. The Morgan fingerprint density at radius 1 is 0.960 bits per heavy atom. The van der Waals surface area contributed by atoms with E-state index in [-0.39, 0.29) is 5.57 Å². The average Bonchev–Trinajstić information content (AvgIpc) is 3.14. The first-order valence-electron chi connectivity index (χ1n) is 9.20. The molecule has 4 nitrogen and oxygen atoms in total. The maximum absolute atomic E-state index is 9.38. The lowest BCUT2D eigenvalue weighted by Gasteiger charge is -2.39. The third-order valence-electron chi connectivity index (χ3n) is 5.94. The lowest BCUT2D eigenvalue weighted by molar-refractivity contribution is 0.417. The Labute approximate surface area is 147 Å². The van der Waals surface area contributed by atoms with Gasteiger partial charge in [0.15, 0.2) is 11.3 Å². The van der Waals surface area contributed by atoms with E-state index in [2.05, 4.69) is 11.0 Å². The predicted molar refractivity (Wildman–Crippen MR) is 94.9 cm³/mol. The normalized spacial score (nSPS) is 20.1. The number of rotatable bonds is 0. The van der Waals surface area contributed by atoms with Gasteiger partial charge in [-0.3, -0.25) is 0 Å². The zero-order chi connectivity index (χ0) is 17.0. The van der Waals surface area contributed by atoms with Crippen LogP contribution >= 0.6 is 0 Å². The van der Waals surface area contributed by atoms with E-state index in [9.17, 15) is 10.5 Å². The van der Waals surface area contributed by atoms with Crippen molar-refractivity contribution in [1.82, 2.24) is 0 Å². The van der Waals surface area contributed by atoms with Gasteiger partial charge in [0.25, 0.3) is 0 Å². The highest BCUT2D eigenvalue weighted by Crippen LogP contribution is 2.52. The van der Waals surface area contributed by atoms with Gasteiger partial charge in [0.2, 0.25) is 0 Å². The number of anilines is 1. The zero-order valence-corrected chi connectivity index (χ0v) is 14.2. The van der Waals surface area contributed by atoms with Crippen LogP contribution in [0.2, 0.25) is 0 Å².